The lowest BCUT2D eigenvalue weighted by molar-refractivity contribution is 0.148. The van der Waals surface area contributed by atoms with Gasteiger partial charge in [0, 0.05) is 0 Å². The maximum absolute atomic E-state index is 1.59. The van der Waals surface area contributed by atoms with Crippen LogP contribution in [0.4, 0.5) is 0 Å². The van der Waals surface area contributed by atoms with Gasteiger partial charge in [-0.25, -0.2) is 0 Å². The van der Waals surface area contributed by atoms with Crippen molar-refractivity contribution in [3.05, 3.63) is 0 Å². The summed E-state index contributed by atoms with van der Waals surface area (Å²) in [6.07, 6.45) is 23.3. The Balaban J connectivity index is 1.38. The molecule has 3 fully saturated rings. The fourth-order valence-electron chi connectivity index (χ4n) is 5.40. The van der Waals surface area contributed by atoms with E-state index in [1.807, 2.05) is 0 Å². The zero-order valence-electron chi connectivity index (χ0n) is 12.9. The van der Waals surface area contributed by atoms with E-state index in [4.69, 9.17) is 0 Å². The van der Waals surface area contributed by atoms with E-state index < -0.39 is 0 Å². The van der Waals surface area contributed by atoms with Crippen LogP contribution in [-0.2, 0) is 0 Å². The predicted molar refractivity (Wildman–Crippen MR) is 83.2 cm³/mol. The highest BCUT2D eigenvalue weighted by Gasteiger charge is 2.29. The van der Waals surface area contributed by atoms with Crippen LogP contribution in [0.25, 0.3) is 0 Å². The van der Waals surface area contributed by atoms with E-state index in [0.29, 0.717) is 0 Å². The van der Waals surface area contributed by atoms with Gasteiger partial charge in [0.15, 0.2) is 0 Å². The van der Waals surface area contributed by atoms with Crippen molar-refractivity contribution in [3.8, 4) is 0 Å². The average molecular weight is 262 g/mol. The Hall–Kier alpha value is 0. The molecule has 0 spiro atoms. The molecule has 0 nitrogen and oxygen atoms in total. The second-order valence-corrected chi connectivity index (χ2v) is 7.92. The van der Waals surface area contributed by atoms with Crippen LogP contribution in [0.15, 0.2) is 0 Å². The van der Waals surface area contributed by atoms with Crippen molar-refractivity contribution >= 4 is 0 Å². The zero-order valence-corrected chi connectivity index (χ0v) is 12.9. The second-order valence-electron chi connectivity index (χ2n) is 7.92. The van der Waals surface area contributed by atoms with Crippen LogP contribution < -0.4 is 0 Å². The minimum Gasteiger partial charge on any atom is -0.0533 e. The molecule has 3 aliphatic rings. The Morgan fingerprint density at radius 2 is 0.895 bits per heavy atom. The van der Waals surface area contributed by atoms with Crippen molar-refractivity contribution < 1.29 is 0 Å². The molecule has 110 valence electrons. The van der Waals surface area contributed by atoms with E-state index in [9.17, 15) is 0 Å². The first-order chi connectivity index (χ1) is 9.42. The summed E-state index contributed by atoms with van der Waals surface area (Å²) >= 11 is 0. The normalized spacial score (nSPS) is 35.4. The van der Waals surface area contributed by atoms with Gasteiger partial charge in [-0.1, -0.05) is 77.0 Å². The smallest absolute Gasteiger partial charge is 0.0386 e. The minimum absolute atomic E-state index is 1.11. The molecule has 0 aliphatic heterocycles. The van der Waals surface area contributed by atoms with Gasteiger partial charge in [-0.2, -0.15) is 0 Å². The summed E-state index contributed by atoms with van der Waals surface area (Å²) < 4.78 is 0. The fourth-order valence-corrected chi connectivity index (χ4v) is 5.40. The third kappa shape index (κ3) is 3.99. The maximum atomic E-state index is 1.59. The summed E-state index contributed by atoms with van der Waals surface area (Å²) in [5.74, 6) is 4.49. The van der Waals surface area contributed by atoms with Crippen LogP contribution >= 0.6 is 0 Å². The lowest BCUT2D eigenvalue weighted by Gasteiger charge is -2.37. The van der Waals surface area contributed by atoms with Crippen molar-refractivity contribution in [2.75, 3.05) is 0 Å². The average Bonchev–Trinajstić information content (AvgIpc) is 2.50. The molecule has 0 atom stereocenters. The fraction of sp³-hybridized carbons (Fsp3) is 1.00. The third-order valence-corrected chi connectivity index (χ3v) is 6.60. The molecule has 0 bridgehead atoms. The Morgan fingerprint density at radius 3 is 1.53 bits per heavy atom. The first-order valence-electron chi connectivity index (χ1n) is 9.42. The Kier molecular flexibility index (Phi) is 5.24. The first kappa shape index (κ1) is 14.0. The number of hydrogen-bond donors (Lipinski definition) is 0. The molecule has 0 unspecified atom stereocenters. The van der Waals surface area contributed by atoms with Crippen LogP contribution in [-0.4, -0.2) is 0 Å². The van der Waals surface area contributed by atoms with Gasteiger partial charge in [0.05, 0.1) is 0 Å². The summed E-state index contributed by atoms with van der Waals surface area (Å²) in [5.41, 5.74) is 0. The first-order valence-corrected chi connectivity index (χ1v) is 9.42. The van der Waals surface area contributed by atoms with E-state index in [1.54, 1.807) is 57.8 Å². The highest BCUT2D eigenvalue weighted by molar-refractivity contribution is 4.81. The lowest BCUT2D eigenvalue weighted by Crippen LogP contribution is -2.24. The summed E-state index contributed by atoms with van der Waals surface area (Å²) in [5, 5.41) is 0. The van der Waals surface area contributed by atoms with E-state index in [0.717, 1.165) is 23.7 Å². The van der Waals surface area contributed by atoms with E-state index in [2.05, 4.69) is 0 Å². The summed E-state index contributed by atoms with van der Waals surface area (Å²) in [7, 11) is 0. The van der Waals surface area contributed by atoms with Gasteiger partial charge < -0.3 is 0 Å². The van der Waals surface area contributed by atoms with Crippen LogP contribution in [0.2, 0.25) is 0 Å². The Bertz CT molecular complexity index is 237. The molecule has 0 heterocycles. The molecule has 0 aromatic carbocycles. The molecule has 0 radical (unpaired) electrons. The molecule has 3 rings (SSSR count). The lowest BCUT2D eigenvalue weighted by atomic mass is 9.69. The minimum atomic E-state index is 1.11. The topological polar surface area (TPSA) is 0 Å². The zero-order chi connectivity index (χ0) is 12.9. The largest absolute Gasteiger partial charge is 0.0533 e. The molecule has 0 amide bonds. The molecule has 19 heavy (non-hydrogen) atoms. The quantitative estimate of drug-likeness (QED) is 0.556. The number of hydrogen-bond acceptors (Lipinski definition) is 0. The second kappa shape index (κ2) is 7.14. The van der Waals surface area contributed by atoms with Gasteiger partial charge >= 0.3 is 0 Å². The van der Waals surface area contributed by atoms with E-state index in [1.165, 1.54) is 38.5 Å². The van der Waals surface area contributed by atoms with Crippen LogP contribution in [0, 0.1) is 23.7 Å². The van der Waals surface area contributed by atoms with Gasteiger partial charge in [-0.3, -0.25) is 0 Å². The Labute approximate surface area is 120 Å². The van der Waals surface area contributed by atoms with Crippen LogP contribution in [0.3, 0.4) is 0 Å². The van der Waals surface area contributed by atoms with Crippen molar-refractivity contribution in [1.29, 1.82) is 0 Å². The SMILES string of the molecule is C1CCC(CC2CCC(C3CCCCC3)CC2)CC1. The van der Waals surface area contributed by atoms with Gasteiger partial charge in [-0.05, 0) is 42.9 Å². The van der Waals surface area contributed by atoms with Crippen molar-refractivity contribution in [2.45, 2.75) is 96.3 Å². The molecular formula is C19H34. The monoisotopic (exact) mass is 262 g/mol. The molecule has 0 aromatic heterocycles. The summed E-state index contributed by atoms with van der Waals surface area (Å²) in [6, 6.07) is 0. The van der Waals surface area contributed by atoms with Crippen molar-refractivity contribution in [2.24, 2.45) is 23.7 Å². The van der Waals surface area contributed by atoms with Crippen molar-refractivity contribution in [1.82, 2.24) is 0 Å². The van der Waals surface area contributed by atoms with Crippen LogP contribution in [0.5, 0.6) is 0 Å². The molecule has 0 N–H and O–H groups in total. The van der Waals surface area contributed by atoms with E-state index >= 15 is 0 Å². The summed E-state index contributed by atoms with van der Waals surface area (Å²) in [6.45, 7) is 0. The van der Waals surface area contributed by atoms with Gasteiger partial charge in [0.2, 0.25) is 0 Å². The third-order valence-electron chi connectivity index (χ3n) is 6.60. The maximum Gasteiger partial charge on any atom is -0.0386 e. The number of rotatable bonds is 3. The molecule has 3 saturated carbocycles. The highest BCUT2D eigenvalue weighted by Crippen LogP contribution is 2.42. The molecule has 0 aromatic rings. The highest BCUT2D eigenvalue weighted by atomic mass is 14.3. The molecular weight excluding hydrogens is 228 g/mol. The van der Waals surface area contributed by atoms with Gasteiger partial charge in [0.25, 0.3) is 0 Å². The molecule has 0 heteroatoms. The van der Waals surface area contributed by atoms with Crippen LogP contribution in [0.1, 0.15) is 96.3 Å². The van der Waals surface area contributed by atoms with E-state index in [-0.39, 0.29) is 0 Å². The summed E-state index contributed by atoms with van der Waals surface area (Å²) in [4.78, 5) is 0. The predicted octanol–water partition coefficient (Wildman–Crippen LogP) is 6.34. The van der Waals surface area contributed by atoms with Gasteiger partial charge in [0.1, 0.15) is 0 Å². The standard InChI is InChI=1S/C19H34/c1-3-7-16(8-4-1)15-17-11-13-19(14-12-17)18-9-5-2-6-10-18/h16-19H,1-15H2. The van der Waals surface area contributed by atoms with Crippen molar-refractivity contribution in [3.63, 3.8) is 0 Å². The molecule has 3 aliphatic carbocycles. The molecule has 0 saturated heterocycles. The van der Waals surface area contributed by atoms with Gasteiger partial charge in [-0.15, -0.1) is 0 Å². The Morgan fingerprint density at radius 1 is 0.421 bits per heavy atom.